The van der Waals surface area contributed by atoms with Gasteiger partial charge in [-0.05, 0) is 67.9 Å². The number of hydrogen-bond acceptors (Lipinski definition) is 5. The third-order valence-corrected chi connectivity index (χ3v) is 5.75. The van der Waals surface area contributed by atoms with Gasteiger partial charge in [-0.2, -0.15) is 0 Å². The third kappa shape index (κ3) is 4.53. The number of anilines is 2. The topological polar surface area (TPSA) is 75.7 Å². The molecule has 4 rings (SSSR count). The molecule has 9 heteroatoms. The van der Waals surface area contributed by atoms with Gasteiger partial charge in [0.05, 0.1) is 16.3 Å². The van der Waals surface area contributed by atoms with E-state index in [1.54, 1.807) is 18.2 Å². The van der Waals surface area contributed by atoms with E-state index in [0.717, 1.165) is 28.2 Å². The number of benzene rings is 3. The molecule has 172 valence electrons. The average molecular weight is 499 g/mol. The highest BCUT2D eigenvalue weighted by Crippen LogP contribution is 2.32. The van der Waals surface area contributed by atoms with Crippen LogP contribution in [-0.4, -0.2) is 17.8 Å². The van der Waals surface area contributed by atoms with Gasteiger partial charge in [-0.15, -0.1) is 0 Å². The molecule has 0 aliphatic carbocycles. The van der Waals surface area contributed by atoms with Crippen LogP contribution in [-0.2, 0) is 9.59 Å². The van der Waals surface area contributed by atoms with Crippen LogP contribution in [0.2, 0.25) is 5.02 Å². The number of imide groups is 1. The van der Waals surface area contributed by atoms with Crippen molar-refractivity contribution in [1.82, 2.24) is 0 Å². The van der Waals surface area contributed by atoms with Crippen LogP contribution < -0.4 is 15.0 Å². The zero-order chi connectivity index (χ0) is 24.6. The molecule has 1 N–H and O–H groups in total. The number of ether oxygens (including phenoxy) is 1. The van der Waals surface area contributed by atoms with Gasteiger partial charge in [0.15, 0.2) is 0 Å². The second-order valence-corrected chi connectivity index (χ2v) is 8.38. The first-order valence-electron chi connectivity index (χ1n) is 10.1. The second kappa shape index (κ2) is 9.29. The monoisotopic (exact) mass is 498 g/mol. The SMILES string of the molecule is Cc1ccc(OC(=O)c2ccc(NC3=C(Cl)C(=O)N(c4ccc(F)c(Cl)c4)C3=O)cc2)c(C)c1. The maximum atomic E-state index is 13.5. The van der Waals surface area contributed by atoms with Gasteiger partial charge in [0.25, 0.3) is 11.8 Å². The van der Waals surface area contributed by atoms with Crippen LogP contribution in [0.15, 0.2) is 71.4 Å². The number of halogens is 3. The van der Waals surface area contributed by atoms with Crippen LogP contribution in [0.5, 0.6) is 5.75 Å². The molecule has 0 fully saturated rings. The largest absolute Gasteiger partial charge is 0.423 e. The molecular weight excluding hydrogens is 482 g/mol. The van der Waals surface area contributed by atoms with Crippen LogP contribution in [0, 0.1) is 19.7 Å². The molecule has 3 aromatic carbocycles. The molecule has 1 heterocycles. The molecule has 0 spiro atoms. The van der Waals surface area contributed by atoms with Gasteiger partial charge in [0.2, 0.25) is 0 Å². The highest BCUT2D eigenvalue weighted by molar-refractivity contribution is 6.53. The van der Waals surface area contributed by atoms with Crippen molar-refractivity contribution in [2.24, 2.45) is 0 Å². The second-order valence-electron chi connectivity index (χ2n) is 7.59. The average Bonchev–Trinajstić information content (AvgIpc) is 3.01. The molecule has 3 aromatic rings. The predicted molar refractivity (Wildman–Crippen MR) is 128 cm³/mol. The van der Waals surface area contributed by atoms with E-state index in [2.05, 4.69) is 5.32 Å². The highest BCUT2D eigenvalue weighted by Gasteiger charge is 2.39. The summed E-state index contributed by atoms with van der Waals surface area (Å²) in [7, 11) is 0. The Bertz CT molecular complexity index is 1370. The molecule has 0 saturated carbocycles. The molecule has 0 bridgehead atoms. The number of rotatable bonds is 5. The Balaban J connectivity index is 1.49. The lowest BCUT2D eigenvalue weighted by atomic mass is 10.1. The van der Waals surface area contributed by atoms with E-state index in [4.69, 9.17) is 27.9 Å². The summed E-state index contributed by atoms with van der Waals surface area (Å²) in [6, 6.07) is 15.1. The normalized spacial score (nSPS) is 13.5. The maximum absolute atomic E-state index is 13.5. The molecule has 0 aromatic heterocycles. The molecular formula is C25H17Cl2FN2O4. The van der Waals surface area contributed by atoms with Crippen molar-refractivity contribution in [3.05, 3.63) is 98.9 Å². The van der Waals surface area contributed by atoms with E-state index < -0.39 is 23.6 Å². The summed E-state index contributed by atoms with van der Waals surface area (Å²) in [5.74, 6) is -2.26. The Kier molecular flexibility index (Phi) is 6.41. The minimum absolute atomic E-state index is 0.0841. The van der Waals surface area contributed by atoms with Crippen molar-refractivity contribution in [3.8, 4) is 5.75 Å². The molecule has 0 atom stereocenters. The van der Waals surface area contributed by atoms with E-state index in [1.807, 2.05) is 26.0 Å². The number of amides is 2. The van der Waals surface area contributed by atoms with Gasteiger partial charge in [0, 0.05) is 5.69 Å². The Morgan fingerprint density at radius 1 is 0.941 bits per heavy atom. The summed E-state index contributed by atoms with van der Waals surface area (Å²) < 4.78 is 18.9. The highest BCUT2D eigenvalue weighted by atomic mass is 35.5. The van der Waals surface area contributed by atoms with Gasteiger partial charge < -0.3 is 10.1 Å². The lowest BCUT2D eigenvalue weighted by Crippen LogP contribution is -2.32. The van der Waals surface area contributed by atoms with Crippen LogP contribution in [0.25, 0.3) is 0 Å². The summed E-state index contributed by atoms with van der Waals surface area (Å²) in [4.78, 5) is 38.7. The fraction of sp³-hybridized carbons (Fsp3) is 0.0800. The van der Waals surface area contributed by atoms with E-state index >= 15 is 0 Å². The maximum Gasteiger partial charge on any atom is 0.343 e. The molecule has 0 radical (unpaired) electrons. The number of hydrogen-bond donors (Lipinski definition) is 1. The zero-order valence-corrected chi connectivity index (χ0v) is 19.5. The fourth-order valence-electron chi connectivity index (χ4n) is 3.38. The Labute approximate surface area is 204 Å². The zero-order valence-electron chi connectivity index (χ0n) is 18.0. The molecule has 2 amide bonds. The molecule has 0 saturated heterocycles. The Morgan fingerprint density at radius 2 is 1.65 bits per heavy atom. The van der Waals surface area contributed by atoms with Crippen molar-refractivity contribution in [1.29, 1.82) is 0 Å². The van der Waals surface area contributed by atoms with Gasteiger partial charge in [-0.3, -0.25) is 9.59 Å². The summed E-state index contributed by atoms with van der Waals surface area (Å²) in [6.45, 7) is 3.80. The van der Waals surface area contributed by atoms with Gasteiger partial charge in [-0.1, -0.05) is 40.9 Å². The van der Waals surface area contributed by atoms with E-state index in [-0.39, 0.29) is 21.4 Å². The van der Waals surface area contributed by atoms with Crippen molar-refractivity contribution >= 4 is 52.4 Å². The first-order valence-corrected chi connectivity index (χ1v) is 10.8. The Morgan fingerprint density at radius 3 is 2.29 bits per heavy atom. The standard InChI is InChI=1S/C25H17Cl2FN2O4/c1-13-3-10-20(14(2)11-13)34-25(33)15-4-6-16(7-5-15)29-22-21(27)23(31)30(24(22)32)17-8-9-19(28)18(26)12-17/h3-12,29H,1-2H3. The van der Waals surface area contributed by atoms with E-state index in [9.17, 15) is 18.8 Å². The molecule has 34 heavy (non-hydrogen) atoms. The first-order chi connectivity index (χ1) is 16.2. The summed E-state index contributed by atoms with van der Waals surface area (Å²) >= 11 is 11.9. The molecule has 1 aliphatic heterocycles. The fourth-order valence-corrected chi connectivity index (χ4v) is 3.76. The smallest absolute Gasteiger partial charge is 0.343 e. The summed E-state index contributed by atoms with van der Waals surface area (Å²) in [5, 5.41) is 2.24. The number of carbonyl (C=O) groups is 3. The first kappa shape index (κ1) is 23.5. The number of carbonyl (C=O) groups excluding carboxylic acids is 3. The third-order valence-electron chi connectivity index (χ3n) is 5.11. The van der Waals surface area contributed by atoms with Gasteiger partial charge in [0.1, 0.15) is 22.3 Å². The minimum Gasteiger partial charge on any atom is -0.423 e. The number of aryl methyl sites for hydroxylation is 2. The molecule has 6 nitrogen and oxygen atoms in total. The van der Waals surface area contributed by atoms with Gasteiger partial charge >= 0.3 is 5.97 Å². The van der Waals surface area contributed by atoms with Crippen LogP contribution in [0.3, 0.4) is 0 Å². The lowest BCUT2D eigenvalue weighted by molar-refractivity contribution is -0.120. The van der Waals surface area contributed by atoms with Crippen LogP contribution in [0.4, 0.5) is 15.8 Å². The number of nitrogens with one attached hydrogen (secondary N) is 1. The van der Waals surface area contributed by atoms with Crippen LogP contribution >= 0.6 is 23.2 Å². The van der Waals surface area contributed by atoms with Crippen molar-refractivity contribution < 1.29 is 23.5 Å². The minimum atomic E-state index is -0.773. The Hall–Kier alpha value is -3.68. The number of nitrogens with zero attached hydrogens (tertiary/aromatic N) is 1. The van der Waals surface area contributed by atoms with Gasteiger partial charge in [-0.25, -0.2) is 14.1 Å². The molecule has 0 unspecified atom stereocenters. The van der Waals surface area contributed by atoms with E-state index in [0.29, 0.717) is 17.0 Å². The van der Waals surface area contributed by atoms with Crippen LogP contribution in [0.1, 0.15) is 21.5 Å². The molecule has 1 aliphatic rings. The summed E-state index contributed by atoms with van der Waals surface area (Å²) in [5.41, 5.74) is 2.53. The quantitative estimate of drug-likeness (QED) is 0.275. The predicted octanol–water partition coefficient (Wildman–Crippen LogP) is 5.75. The van der Waals surface area contributed by atoms with Crippen molar-refractivity contribution in [2.45, 2.75) is 13.8 Å². The van der Waals surface area contributed by atoms with E-state index in [1.165, 1.54) is 18.2 Å². The van der Waals surface area contributed by atoms with Crippen molar-refractivity contribution in [3.63, 3.8) is 0 Å². The summed E-state index contributed by atoms with van der Waals surface area (Å²) in [6.07, 6.45) is 0. The lowest BCUT2D eigenvalue weighted by Gasteiger charge is -2.15. The number of esters is 1. The van der Waals surface area contributed by atoms with Crippen molar-refractivity contribution in [2.75, 3.05) is 10.2 Å².